The number of hydrogen-bond donors (Lipinski definition) is 0. The highest BCUT2D eigenvalue weighted by Crippen LogP contribution is 2.37. The Kier molecular flexibility index (Phi) is 6.92. The molecule has 4 heteroatoms. The van der Waals surface area contributed by atoms with Crippen LogP contribution in [-0.4, -0.2) is 25.8 Å². The van der Waals surface area contributed by atoms with Gasteiger partial charge in [-0.3, -0.25) is 0 Å². The van der Waals surface area contributed by atoms with Gasteiger partial charge in [-0.25, -0.2) is 4.79 Å². The van der Waals surface area contributed by atoms with Gasteiger partial charge < -0.3 is 14.2 Å². The monoisotopic (exact) mass is 322 g/mol. The van der Waals surface area contributed by atoms with E-state index in [2.05, 4.69) is 13.8 Å². The van der Waals surface area contributed by atoms with Crippen LogP contribution >= 0.6 is 0 Å². The Morgan fingerprint density at radius 2 is 1.43 bits per heavy atom. The second kappa shape index (κ2) is 8.23. The maximum absolute atomic E-state index is 12.6. The van der Waals surface area contributed by atoms with E-state index in [1.54, 1.807) is 26.4 Å². The van der Waals surface area contributed by atoms with E-state index in [9.17, 15) is 4.79 Å². The summed E-state index contributed by atoms with van der Waals surface area (Å²) in [6, 6.07) is 3.48. The van der Waals surface area contributed by atoms with Gasteiger partial charge in [-0.2, -0.15) is 0 Å². The molecule has 0 heterocycles. The van der Waals surface area contributed by atoms with Crippen LogP contribution in [0.3, 0.4) is 0 Å². The van der Waals surface area contributed by atoms with E-state index in [-0.39, 0.29) is 11.9 Å². The predicted octanol–water partition coefficient (Wildman–Crippen LogP) is 4.95. The minimum absolute atomic E-state index is 0.228. The summed E-state index contributed by atoms with van der Waals surface area (Å²) >= 11 is 0. The highest BCUT2D eigenvalue weighted by Gasteiger charge is 2.30. The lowest BCUT2D eigenvalue weighted by atomic mass is 9.93. The third-order valence-corrected chi connectivity index (χ3v) is 4.60. The van der Waals surface area contributed by atoms with Crippen molar-refractivity contribution < 1.29 is 19.0 Å². The van der Waals surface area contributed by atoms with Crippen molar-refractivity contribution in [3.63, 3.8) is 0 Å². The SMILES string of the molecule is CCC(CC)(CC)OC(=O)c1cc(OC)c(C(C)C)c(OC)c1. The highest BCUT2D eigenvalue weighted by molar-refractivity contribution is 5.91. The Labute approximate surface area is 140 Å². The number of methoxy groups -OCH3 is 2. The molecular weight excluding hydrogens is 292 g/mol. The van der Waals surface area contributed by atoms with Crippen molar-refractivity contribution in [2.45, 2.75) is 65.4 Å². The lowest BCUT2D eigenvalue weighted by molar-refractivity contribution is -0.0249. The molecule has 23 heavy (non-hydrogen) atoms. The molecular formula is C19H30O4. The number of rotatable bonds is 8. The Morgan fingerprint density at radius 1 is 1.00 bits per heavy atom. The first-order chi connectivity index (χ1) is 10.9. The van der Waals surface area contributed by atoms with Gasteiger partial charge in [0.1, 0.15) is 17.1 Å². The lowest BCUT2D eigenvalue weighted by Crippen LogP contribution is -2.33. The van der Waals surface area contributed by atoms with Gasteiger partial charge in [0, 0.05) is 5.56 Å². The summed E-state index contributed by atoms with van der Waals surface area (Å²) in [5, 5.41) is 0. The summed E-state index contributed by atoms with van der Waals surface area (Å²) in [6.45, 7) is 10.3. The van der Waals surface area contributed by atoms with Gasteiger partial charge in [0.25, 0.3) is 0 Å². The van der Waals surface area contributed by atoms with Crippen LogP contribution in [0.4, 0.5) is 0 Å². The molecule has 0 radical (unpaired) electrons. The summed E-state index contributed by atoms with van der Waals surface area (Å²) in [5.41, 5.74) is 1.01. The molecule has 4 nitrogen and oxygen atoms in total. The summed E-state index contributed by atoms with van der Waals surface area (Å²) in [4.78, 5) is 12.6. The Morgan fingerprint density at radius 3 is 1.74 bits per heavy atom. The second-order valence-corrected chi connectivity index (χ2v) is 6.08. The Bertz CT molecular complexity index is 497. The van der Waals surface area contributed by atoms with Crippen LogP contribution < -0.4 is 9.47 Å². The zero-order valence-electron chi connectivity index (χ0n) is 15.5. The topological polar surface area (TPSA) is 44.8 Å². The molecule has 0 saturated carbocycles. The zero-order chi connectivity index (χ0) is 17.6. The summed E-state index contributed by atoms with van der Waals surface area (Å²) in [6.07, 6.45) is 2.39. The molecule has 0 aromatic heterocycles. The molecule has 0 bridgehead atoms. The summed E-state index contributed by atoms with van der Waals surface area (Å²) < 4.78 is 16.7. The van der Waals surface area contributed by atoms with Crippen molar-refractivity contribution in [3.05, 3.63) is 23.3 Å². The molecule has 0 aliphatic carbocycles. The number of carbonyl (C=O) groups is 1. The fourth-order valence-corrected chi connectivity index (χ4v) is 2.85. The van der Waals surface area contributed by atoms with Crippen molar-refractivity contribution in [2.24, 2.45) is 0 Å². The first kappa shape index (κ1) is 19.3. The van der Waals surface area contributed by atoms with Crippen molar-refractivity contribution in [1.29, 1.82) is 0 Å². The molecule has 1 aromatic carbocycles. The standard InChI is InChI=1S/C19H30O4/c1-8-19(9-2,10-3)23-18(20)14-11-15(21-6)17(13(4)5)16(12-14)22-7/h11-13H,8-10H2,1-7H3. The Hall–Kier alpha value is -1.71. The van der Waals surface area contributed by atoms with Gasteiger partial charge in [0.2, 0.25) is 0 Å². The van der Waals surface area contributed by atoms with Crippen LogP contribution in [0.5, 0.6) is 11.5 Å². The first-order valence-electron chi connectivity index (χ1n) is 8.37. The number of esters is 1. The van der Waals surface area contributed by atoms with Gasteiger partial charge in [-0.15, -0.1) is 0 Å². The molecule has 0 aliphatic heterocycles. The smallest absolute Gasteiger partial charge is 0.338 e. The van der Waals surface area contributed by atoms with E-state index in [1.807, 2.05) is 20.8 Å². The van der Waals surface area contributed by atoms with Crippen molar-refractivity contribution in [1.82, 2.24) is 0 Å². The molecule has 130 valence electrons. The summed E-state index contributed by atoms with van der Waals surface area (Å²) in [7, 11) is 3.20. The molecule has 0 saturated heterocycles. The van der Waals surface area contributed by atoms with Crippen LogP contribution in [-0.2, 0) is 4.74 Å². The first-order valence-corrected chi connectivity index (χ1v) is 8.37. The van der Waals surface area contributed by atoms with E-state index in [1.165, 1.54) is 0 Å². The highest BCUT2D eigenvalue weighted by atomic mass is 16.6. The maximum atomic E-state index is 12.6. The molecule has 0 spiro atoms. The number of hydrogen-bond acceptors (Lipinski definition) is 4. The minimum Gasteiger partial charge on any atom is -0.496 e. The van der Waals surface area contributed by atoms with Crippen molar-refractivity contribution >= 4 is 5.97 Å². The normalized spacial score (nSPS) is 11.5. The second-order valence-electron chi connectivity index (χ2n) is 6.08. The molecule has 0 aliphatic rings. The number of benzene rings is 1. The Balaban J connectivity index is 3.25. The van der Waals surface area contributed by atoms with E-state index >= 15 is 0 Å². The van der Waals surface area contributed by atoms with Crippen LogP contribution in [0.25, 0.3) is 0 Å². The van der Waals surface area contributed by atoms with Gasteiger partial charge in [0.05, 0.1) is 19.8 Å². The van der Waals surface area contributed by atoms with Gasteiger partial charge in [-0.1, -0.05) is 34.6 Å². The van der Waals surface area contributed by atoms with E-state index in [0.29, 0.717) is 17.1 Å². The van der Waals surface area contributed by atoms with Crippen molar-refractivity contribution in [2.75, 3.05) is 14.2 Å². The number of carbonyl (C=O) groups excluding carboxylic acids is 1. The van der Waals surface area contributed by atoms with E-state index in [4.69, 9.17) is 14.2 Å². The quantitative estimate of drug-likeness (QED) is 0.635. The lowest BCUT2D eigenvalue weighted by Gasteiger charge is -2.30. The van der Waals surface area contributed by atoms with E-state index < -0.39 is 5.60 Å². The van der Waals surface area contributed by atoms with E-state index in [0.717, 1.165) is 24.8 Å². The molecule has 0 atom stereocenters. The third-order valence-electron chi connectivity index (χ3n) is 4.60. The largest absolute Gasteiger partial charge is 0.496 e. The molecule has 1 aromatic rings. The zero-order valence-corrected chi connectivity index (χ0v) is 15.5. The van der Waals surface area contributed by atoms with Crippen LogP contribution in [0.15, 0.2) is 12.1 Å². The molecule has 1 rings (SSSR count). The molecule has 0 fully saturated rings. The van der Waals surface area contributed by atoms with Gasteiger partial charge in [-0.05, 0) is 37.3 Å². The van der Waals surface area contributed by atoms with Crippen LogP contribution in [0, 0.1) is 0 Å². The maximum Gasteiger partial charge on any atom is 0.338 e. The fourth-order valence-electron chi connectivity index (χ4n) is 2.85. The molecule has 0 amide bonds. The van der Waals surface area contributed by atoms with Crippen molar-refractivity contribution in [3.8, 4) is 11.5 Å². The van der Waals surface area contributed by atoms with Crippen LogP contribution in [0.1, 0.15) is 75.7 Å². The predicted molar refractivity (Wildman–Crippen MR) is 92.7 cm³/mol. The number of ether oxygens (including phenoxy) is 3. The van der Waals surface area contributed by atoms with Gasteiger partial charge in [0.15, 0.2) is 0 Å². The average molecular weight is 322 g/mol. The average Bonchev–Trinajstić information content (AvgIpc) is 2.57. The molecule has 0 N–H and O–H groups in total. The summed E-state index contributed by atoms with van der Waals surface area (Å²) in [5.74, 6) is 1.20. The van der Waals surface area contributed by atoms with Crippen LogP contribution in [0.2, 0.25) is 0 Å². The van der Waals surface area contributed by atoms with Gasteiger partial charge >= 0.3 is 5.97 Å². The minimum atomic E-state index is -0.408. The molecule has 0 unspecified atom stereocenters. The third kappa shape index (κ3) is 4.18. The fraction of sp³-hybridized carbons (Fsp3) is 0.632.